The molecule has 3 rings (SSSR count). The molecule has 174 valence electrons. The van der Waals surface area contributed by atoms with Crippen LogP contribution in [0.25, 0.3) is 0 Å². The Morgan fingerprint density at radius 1 is 0.909 bits per heavy atom. The van der Waals surface area contributed by atoms with Crippen molar-refractivity contribution in [2.75, 3.05) is 11.9 Å². The third-order valence-electron chi connectivity index (χ3n) is 5.62. The van der Waals surface area contributed by atoms with Gasteiger partial charge in [0.1, 0.15) is 6.04 Å². The molecule has 2 aromatic carbocycles. The summed E-state index contributed by atoms with van der Waals surface area (Å²) in [4.78, 5) is 52.0. The van der Waals surface area contributed by atoms with Crippen molar-refractivity contribution in [3.05, 3.63) is 65.2 Å². The first kappa shape index (κ1) is 24.2. The molecule has 7 heteroatoms. The fraction of sp³-hybridized carbons (Fsp3) is 0.385. The van der Waals surface area contributed by atoms with E-state index in [0.717, 1.165) is 30.6 Å². The topological polar surface area (TPSA) is 92.8 Å². The number of amides is 3. The molecule has 0 bridgehead atoms. The molecule has 0 fully saturated rings. The molecule has 2 aromatic rings. The van der Waals surface area contributed by atoms with Gasteiger partial charge in [-0.3, -0.25) is 19.3 Å². The van der Waals surface area contributed by atoms with Gasteiger partial charge < -0.3 is 10.1 Å². The molecule has 0 aromatic heterocycles. The highest BCUT2D eigenvalue weighted by molar-refractivity contribution is 6.23. The van der Waals surface area contributed by atoms with Crippen molar-refractivity contribution in [3.63, 3.8) is 0 Å². The van der Waals surface area contributed by atoms with Crippen LogP contribution in [0.2, 0.25) is 0 Å². The van der Waals surface area contributed by atoms with E-state index in [1.807, 2.05) is 0 Å². The predicted molar refractivity (Wildman–Crippen MR) is 125 cm³/mol. The molecule has 0 saturated heterocycles. The van der Waals surface area contributed by atoms with Crippen molar-refractivity contribution in [3.8, 4) is 0 Å². The van der Waals surface area contributed by atoms with Crippen LogP contribution < -0.4 is 5.32 Å². The minimum atomic E-state index is -0.967. The van der Waals surface area contributed by atoms with Crippen molar-refractivity contribution in [2.45, 2.75) is 52.5 Å². The first-order valence-electron chi connectivity index (χ1n) is 11.4. The molecule has 33 heavy (non-hydrogen) atoms. The van der Waals surface area contributed by atoms with Crippen LogP contribution in [-0.4, -0.2) is 41.2 Å². The summed E-state index contributed by atoms with van der Waals surface area (Å²) in [6.07, 6.45) is 4.09. The minimum absolute atomic E-state index is 0.297. The fourth-order valence-electron chi connectivity index (χ4n) is 3.86. The second kappa shape index (κ2) is 10.9. The molecule has 0 radical (unpaired) electrons. The molecule has 1 atom stereocenters. The lowest BCUT2D eigenvalue weighted by Crippen LogP contribution is -2.50. The maximum Gasteiger partial charge on any atom is 0.338 e. The monoisotopic (exact) mass is 450 g/mol. The van der Waals surface area contributed by atoms with Gasteiger partial charge in [-0.05, 0) is 48.7 Å². The number of unbranched alkanes of at least 4 members (excludes halogenated alkanes) is 3. The minimum Gasteiger partial charge on any atom is -0.462 e. The number of rotatable bonds is 10. The zero-order chi connectivity index (χ0) is 24.0. The molecular weight excluding hydrogens is 420 g/mol. The molecule has 0 saturated carbocycles. The van der Waals surface area contributed by atoms with Gasteiger partial charge in [-0.15, -0.1) is 0 Å². The molecule has 1 aliphatic rings. The molecule has 1 unspecified atom stereocenters. The number of imide groups is 1. The number of fused-ring (bicyclic) bond motifs is 1. The fourth-order valence-corrected chi connectivity index (χ4v) is 3.86. The maximum absolute atomic E-state index is 13.1. The van der Waals surface area contributed by atoms with E-state index in [0.29, 0.717) is 29.0 Å². The van der Waals surface area contributed by atoms with Crippen LogP contribution in [0.4, 0.5) is 5.69 Å². The summed E-state index contributed by atoms with van der Waals surface area (Å²) in [7, 11) is 0. The van der Waals surface area contributed by atoms with Gasteiger partial charge in [0.25, 0.3) is 11.8 Å². The average molecular weight is 451 g/mol. The van der Waals surface area contributed by atoms with Crippen LogP contribution in [0.5, 0.6) is 0 Å². The Bertz CT molecular complexity index is 994. The molecule has 1 heterocycles. The molecular formula is C26H30N2O5. The number of ether oxygens (including phenoxy) is 1. The highest BCUT2D eigenvalue weighted by atomic mass is 16.5. The predicted octanol–water partition coefficient (Wildman–Crippen LogP) is 4.68. The van der Waals surface area contributed by atoms with Gasteiger partial charge in [0.2, 0.25) is 5.91 Å². The zero-order valence-corrected chi connectivity index (χ0v) is 19.3. The normalized spacial score (nSPS) is 13.8. The SMILES string of the molecule is CCCCCCOC(=O)c1ccc(NC(=O)C(C(C)C)N2C(=O)c3ccccc3C2=O)cc1. The second-order valence-corrected chi connectivity index (χ2v) is 8.48. The molecule has 7 nitrogen and oxygen atoms in total. The standard InChI is InChI=1S/C26H30N2O5/c1-4-5-6-9-16-33-26(32)18-12-14-19(15-13-18)27-23(29)22(17(2)3)28-24(30)20-10-7-8-11-21(20)25(28)31/h7-8,10-15,17,22H,4-6,9,16H2,1-3H3,(H,27,29). The Kier molecular flexibility index (Phi) is 7.98. The van der Waals surface area contributed by atoms with Crippen molar-refractivity contribution in [1.29, 1.82) is 0 Å². The molecule has 1 N–H and O–H groups in total. The summed E-state index contributed by atoms with van der Waals surface area (Å²) in [5.74, 6) is -2.11. The second-order valence-electron chi connectivity index (χ2n) is 8.48. The summed E-state index contributed by atoms with van der Waals surface area (Å²) >= 11 is 0. The Hall–Kier alpha value is -3.48. The van der Waals surface area contributed by atoms with E-state index in [1.165, 1.54) is 0 Å². The van der Waals surface area contributed by atoms with E-state index in [1.54, 1.807) is 62.4 Å². The summed E-state index contributed by atoms with van der Waals surface area (Å²) in [6.45, 7) is 6.07. The average Bonchev–Trinajstić information content (AvgIpc) is 3.04. The van der Waals surface area contributed by atoms with Crippen molar-refractivity contribution < 1.29 is 23.9 Å². The first-order chi connectivity index (χ1) is 15.8. The number of nitrogens with one attached hydrogen (secondary N) is 1. The van der Waals surface area contributed by atoms with Crippen molar-refractivity contribution in [1.82, 2.24) is 4.90 Å². The Labute approximate surface area is 194 Å². The number of anilines is 1. The van der Waals surface area contributed by atoms with Gasteiger partial charge >= 0.3 is 5.97 Å². The van der Waals surface area contributed by atoms with Gasteiger partial charge in [0.15, 0.2) is 0 Å². The summed E-state index contributed by atoms with van der Waals surface area (Å²) in [5.41, 5.74) is 1.46. The van der Waals surface area contributed by atoms with E-state index < -0.39 is 29.7 Å². The largest absolute Gasteiger partial charge is 0.462 e. The lowest BCUT2D eigenvalue weighted by Gasteiger charge is -2.28. The van der Waals surface area contributed by atoms with Crippen LogP contribution in [-0.2, 0) is 9.53 Å². The number of benzene rings is 2. The molecule has 1 aliphatic heterocycles. The lowest BCUT2D eigenvalue weighted by molar-refractivity contribution is -0.121. The number of nitrogens with zero attached hydrogens (tertiary/aromatic N) is 1. The van der Waals surface area contributed by atoms with Gasteiger partial charge in [0.05, 0.1) is 23.3 Å². The summed E-state index contributed by atoms with van der Waals surface area (Å²) < 4.78 is 5.28. The zero-order valence-electron chi connectivity index (χ0n) is 19.3. The van der Waals surface area contributed by atoms with Crippen LogP contribution in [0.1, 0.15) is 77.5 Å². The van der Waals surface area contributed by atoms with E-state index in [4.69, 9.17) is 4.74 Å². The van der Waals surface area contributed by atoms with Gasteiger partial charge in [0, 0.05) is 5.69 Å². The summed E-state index contributed by atoms with van der Waals surface area (Å²) in [6, 6.07) is 12.0. The number of hydrogen-bond donors (Lipinski definition) is 1. The molecule has 0 spiro atoms. The van der Waals surface area contributed by atoms with Gasteiger partial charge in [-0.25, -0.2) is 4.79 Å². The smallest absolute Gasteiger partial charge is 0.338 e. The maximum atomic E-state index is 13.1. The van der Waals surface area contributed by atoms with Crippen molar-refractivity contribution >= 4 is 29.4 Å². The number of esters is 1. The molecule has 3 amide bonds. The summed E-state index contributed by atoms with van der Waals surface area (Å²) in [5, 5.41) is 2.76. The van der Waals surface area contributed by atoms with Crippen LogP contribution in [0, 0.1) is 5.92 Å². The number of carbonyl (C=O) groups is 4. The van der Waals surface area contributed by atoms with Gasteiger partial charge in [-0.1, -0.05) is 52.2 Å². The quantitative estimate of drug-likeness (QED) is 0.322. The van der Waals surface area contributed by atoms with Gasteiger partial charge in [-0.2, -0.15) is 0 Å². The Morgan fingerprint density at radius 2 is 1.52 bits per heavy atom. The van der Waals surface area contributed by atoms with E-state index in [2.05, 4.69) is 12.2 Å². The first-order valence-corrected chi connectivity index (χ1v) is 11.4. The van der Waals surface area contributed by atoms with Crippen molar-refractivity contribution in [2.24, 2.45) is 5.92 Å². The highest BCUT2D eigenvalue weighted by Crippen LogP contribution is 2.28. The Morgan fingerprint density at radius 3 is 2.06 bits per heavy atom. The molecule has 0 aliphatic carbocycles. The van der Waals surface area contributed by atoms with E-state index >= 15 is 0 Å². The van der Waals surface area contributed by atoms with E-state index in [9.17, 15) is 19.2 Å². The third-order valence-corrected chi connectivity index (χ3v) is 5.62. The lowest BCUT2D eigenvalue weighted by atomic mass is 10.0. The number of carbonyl (C=O) groups excluding carboxylic acids is 4. The van der Waals surface area contributed by atoms with Crippen LogP contribution >= 0.6 is 0 Å². The van der Waals surface area contributed by atoms with Crippen LogP contribution in [0.3, 0.4) is 0 Å². The highest BCUT2D eigenvalue weighted by Gasteiger charge is 2.43. The Balaban J connectivity index is 1.65. The number of hydrogen-bond acceptors (Lipinski definition) is 5. The van der Waals surface area contributed by atoms with E-state index in [-0.39, 0.29) is 5.92 Å². The third kappa shape index (κ3) is 5.48. The van der Waals surface area contributed by atoms with Crippen LogP contribution in [0.15, 0.2) is 48.5 Å².